The van der Waals surface area contributed by atoms with Gasteiger partial charge in [0, 0.05) is 13.1 Å². The predicted molar refractivity (Wildman–Crippen MR) is 80.2 cm³/mol. The predicted octanol–water partition coefficient (Wildman–Crippen LogP) is 1.61. The Morgan fingerprint density at radius 1 is 1.26 bits per heavy atom. The number of carbonyl (C=O) groups excluding carboxylic acids is 1. The molecule has 0 radical (unpaired) electrons. The van der Waals surface area contributed by atoms with Crippen LogP contribution < -0.4 is 10.6 Å². The molecule has 1 amide bonds. The Bertz CT molecular complexity index is 240. The topological polar surface area (TPSA) is 44.4 Å². The second kappa shape index (κ2) is 10.2. The van der Waals surface area contributed by atoms with Crippen LogP contribution in [0.1, 0.15) is 46.0 Å². The normalized spacial score (nSPS) is 16.8. The lowest BCUT2D eigenvalue weighted by Gasteiger charge is -2.29. The summed E-state index contributed by atoms with van der Waals surface area (Å²) in [6.45, 7) is 10.1. The fourth-order valence-electron chi connectivity index (χ4n) is 2.64. The van der Waals surface area contributed by atoms with Gasteiger partial charge in [-0.2, -0.15) is 0 Å². The van der Waals surface area contributed by atoms with Gasteiger partial charge in [0.25, 0.3) is 0 Å². The lowest BCUT2D eigenvalue weighted by Crippen LogP contribution is -2.42. The minimum absolute atomic E-state index is 0.191. The van der Waals surface area contributed by atoms with E-state index in [1.54, 1.807) is 0 Å². The molecule has 0 unspecified atom stereocenters. The minimum Gasteiger partial charge on any atom is -0.355 e. The number of rotatable bonds is 9. The molecule has 0 aromatic carbocycles. The second-order valence-electron chi connectivity index (χ2n) is 5.63. The van der Waals surface area contributed by atoms with Crippen molar-refractivity contribution in [3.63, 3.8) is 0 Å². The van der Waals surface area contributed by atoms with Gasteiger partial charge in [0.2, 0.25) is 5.91 Å². The Morgan fingerprint density at radius 3 is 2.63 bits per heavy atom. The highest BCUT2D eigenvalue weighted by atomic mass is 16.2. The molecule has 4 heteroatoms. The van der Waals surface area contributed by atoms with Crippen LogP contribution in [0.4, 0.5) is 0 Å². The van der Waals surface area contributed by atoms with Crippen molar-refractivity contribution in [2.45, 2.75) is 46.0 Å². The van der Waals surface area contributed by atoms with Crippen LogP contribution in [0, 0.1) is 5.92 Å². The van der Waals surface area contributed by atoms with Crippen LogP contribution in [0.15, 0.2) is 0 Å². The summed E-state index contributed by atoms with van der Waals surface area (Å²) in [6.07, 6.45) is 5.82. The van der Waals surface area contributed by atoms with Crippen molar-refractivity contribution >= 4 is 5.91 Å². The molecule has 1 aliphatic heterocycles. The van der Waals surface area contributed by atoms with E-state index in [1.165, 1.54) is 12.8 Å². The molecular formula is C15H31N3O. The van der Waals surface area contributed by atoms with E-state index in [-0.39, 0.29) is 5.91 Å². The fourth-order valence-corrected chi connectivity index (χ4v) is 2.64. The lowest BCUT2D eigenvalue weighted by molar-refractivity contribution is -0.122. The van der Waals surface area contributed by atoms with E-state index in [1.807, 2.05) is 0 Å². The number of unbranched alkanes of at least 4 members (excludes halogenated alkanes) is 1. The maximum absolute atomic E-state index is 11.9. The van der Waals surface area contributed by atoms with Gasteiger partial charge >= 0.3 is 0 Å². The van der Waals surface area contributed by atoms with Crippen molar-refractivity contribution in [2.24, 2.45) is 5.92 Å². The molecule has 0 aromatic heterocycles. The number of nitrogens with one attached hydrogen (secondary N) is 2. The van der Waals surface area contributed by atoms with Crippen molar-refractivity contribution in [3.8, 4) is 0 Å². The highest BCUT2D eigenvalue weighted by Gasteiger charge is 2.18. The quantitative estimate of drug-likeness (QED) is 0.625. The van der Waals surface area contributed by atoms with E-state index in [4.69, 9.17) is 0 Å². The monoisotopic (exact) mass is 269 g/mol. The maximum Gasteiger partial charge on any atom is 0.234 e. The van der Waals surface area contributed by atoms with Crippen molar-refractivity contribution in [3.05, 3.63) is 0 Å². The van der Waals surface area contributed by atoms with Crippen molar-refractivity contribution in [2.75, 3.05) is 39.3 Å². The van der Waals surface area contributed by atoms with Crippen LogP contribution in [-0.4, -0.2) is 50.1 Å². The Hall–Kier alpha value is -0.610. The van der Waals surface area contributed by atoms with Crippen molar-refractivity contribution in [1.29, 1.82) is 0 Å². The van der Waals surface area contributed by atoms with Crippen LogP contribution in [0.3, 0.4) is 0 Å². The molecular weight excluding hydrogens is 238 g/mol. The summed E-state index contributed by atoms with van der Waals surface area (Å²) < 4.78 is 0. The summed E-state index contributed by atoms with van der Waals surface area (Å²) in [5.41, 5.74) is 0. The first kappa shape index (κ1) is 16.4. The largest absolute Gasteiger partial charge is 0.355 e. The van der Waals surface area contributed by atoms with Crippen molar-refractivity contribution in [1.82, 2.24) is 15.5 Å². The lowest BCUT2D eigenvalue weighted by atomic mass is 9.97. The van der Waals surface area contributed by atoms with Crippen LogP contribution in [0.5, 0.6) is 0 Å². The molecule has 0 saturated carbocycles. The van der Waals surface area contributed by atoms with Crippen LogP contribution >= 0.6 is 0 Å². The smallest absolute Gasteiger partial charge is 0.234 e. The van der Waals surface area contributed by atoms with Gasteiger partial charge < -0.3 is 10.6 Å². The molecule has 0 aromatic rings. The van der Waals surface area contributed by atoms with E-state index >= 15 is 0 Å². The highest BCUT2D eigenvalue weighted by molar-refractivity contribution is 5.77. The minimum atomic E-state index is 0.191. The number of nitrogens with zero attached hydrogens (tertiary/aromatic N) is 1. The van der Waals surface area contributed by atoms with E-state index in [2.05, 4.69) is 29.4 Å². The van der Waals surface area contributed by atoms with Gasteiger partial charge in [-0.3, -0.25) is 9.69 Å². The SMILES string of the molecule is CCCCNC(=O)CN(CCC)CC1CCNCC1. The summed E-state index contributed by atoms with van der Waals surface area (Å²) >= 11 is 0. The second-order valence-corrected chi connectivity index (χ2v) is 5.63. The van der Waals surface area contributed by atoms with Gasteiger partial charge in [-0.25, -0.2) is 0 Å². The summed E-state index contributed by atoms with van der Waals surface area (Å²) in [5.74, 6) is 0.951. The third kappa shape index (κ3) is 7.53. The zero-order chi connectivity index (χ0) is 13.9. The van der Waals surface area contributed by atoms with Crippen LogP contribution in [0.2, 0.25) is 0 Å². The molecule has 19 heavy (non-hydrogen) atoms. The zero-order valence-corrected chi connectivity index (χ0v) is 12.7. The van der Waals surface area contributed by atoms with Gasteiger partial charge in [-0.1, -0.05) is 20.3 Å². The molecule has 1 rings (SSSR count). The van der Waals surface area contributed by atoms with E-state index in [0.717, 1.165) is 57.9 Å². The van der Waals surface area contributed by atoms with Gasteiger partial charge in [0.1, 0.15) is 0 Å². The van der Waals surface area contributed by atoms with Crippen molar-refractivity contribution < 1.29 is 4.79 Å². The Kier molecular flexibility index (Phi) is 8.84. The number of carbonyl (C=O) groups is 1. The average molecular weight is 269 g/mol. The molecule has 1 saturated heterocycles. The molecule has 0 aliphatic carbocycles. The zero-order valence-electron chi connectivity index (χ0n) is 12.7. The molecule has 0 spiro atoms. The first-order chi connectivity index (χ1) is 9.26. The summed E-state index contributed by atoms with van der Waals surface area (Å²) in [5, 5.41) is 6.41. The molecule has 1 fully saturated rings. The van der Waals surface area contributed by atoms with Gasteiger partial charge in [0.05, 0.1) is 6.54 Å². The number of amides is 1. The van der Waals surface area contributed by atoms with Crippen LogP contribution in [0.25, 0.3) is 0 Å². The van der Waals surface area contributed by atoms with E-state index in [0.29, 0.717) is 6.54 Å². The fraction of sp³-hybridized carbons (Fsp3) is 0.933. The molecule has 1 aliphatic rings. The molecule has 0 bridgehead atoms. The number of piperidine rings is 1. The standard InChI is InChI=1S/C15H31N3O/c1-3-5-8-17-15(19)13-18(11-4-2)12-14-6-9-16-10-7-14/h14,16H,3-13H2,1-2H3,(H,17,19). The van der Waals surface area contributed by atoms with Gasteiger partial charge in [-0.15, -0.1) is 0 Å². The maximum atomic E-state index is 11.9. The van der Waals surface area contributed by atoms with Crippen LogP contribution in [-0.2, 0) is 4.79 Å². The molecule has 112 valence electrons. The first-order valence-corrected chi connectivity index (χ1v) is 7.96. The summed E-state index contributed by atoms with van der Waals surface area (Å²) in [4.78, 5) is 14.2. The van der Waals surface area contributed by atoms with E-state index < -0.39 is 0 Å². The molecule has 2 N–H and O–H groups in total. The average Bonchev–Trinajstić information content (AvgIpc) is 2.40. The molecule has 1 heterocycles. The summed E-state index contributed by atoms with van der Waals surface area (Å²) in [6, 6.07) is 0. The number of hydrogen-bond donors (Lipinski definition) is 2. The number of hydrogen-bond acceptors (Lipinski definition) is 3. The Balaban J connectivity index is 2.27. The third-order valence-corrected chi connectivity index (χ3v) is 3.73. The third-order valence-electron chi connectivity index (χ3n) is 3.73. The Labute approximate surface area is 118 Å². The van der Waals surface area contributed by atoms with Gasteiger partial charge in [-0.05, 0) is 51.2 Å². The Morgan fingerprint density at radius 2 is 2.00 bits per heavy atom. The first-order valence-electron chi connectivity index (χ1n) is 7.96. The van der Waals surface area contributed by atoms with E-state index in [9.17, 15) is 4.79 Å². The molecule has 4 nitrogen and oxygen atoms in total. The van der Waals surface area contributed by atoms with Gasteiger partial charge in [0.15, 0.2) is 0 Å². The molecule has 0 atom stereocenters. The highest BCUT2D eigenvalue weighted by Crippen LogP contribution is 2.13. The summed E-state index contributed by atoms with van der Waals surface area (Å²) in [7, 11) is 0.